The van der Waals surface area contributed by atoms with Crippen LogP contribution < -0.4 is 4.90 Å². The molecule has 1 aromatic rings. The predicted molar refractivity (Wildman–Crippen MR) is 60.1 cm³/mol. The van der Waals surface area contributed by atoms with E-state index >= 15 is 0 Å². The van der Waals surface area contributed by atoms with Crippen molar-refractivity contribution in [1.82, 2.24) is 0 Å². The number of halogens is 1. The van der Waals surface area contributed by atoms with Crippen molar-refractivity contribution in [3.63, 3.8) is 0 Å². The molecule has 0 saturated heterocycles. The van der Waals surface area contributed by atoms with Crippen LogP contribution in [0.4, 0.5) is 11.4 Å². The molecule has 1 aromatic carbocycles. The number of anilines is 1. The lowest BCUT2D eigenvalue weighted by Crippen LogP contribution is -2.09. The van der Waals surface area contributed by atoms with Crippen molar-refractivity contribution in [2.45, 2.75) is 5.33 Å². The Morgan fingerprint density at radius 2 is 2.14 bits per heavy atom. The van der Waals surface area contributed by atoms with E-state index in [-0.39, 0.29) is 10.6 Å². The number of benzene rings is 1. The molecule has 0 fully saturated rings. The van der Waals surface area contributed by atoms with E-state index in [4.69, 9.17) is 0 Å². The molecule has 0 amide bonds. The van der Waals surface area contributed by atoms with E-state index in [0.29, 0.717) is 10.9 Å². The summed E-state index contributed by atoms with van der Waals surface area (Å²) in [6, 6.07) is 5.09. The molecule has 0 atom stereocenters. The Kier molecular flexibility index (Phi) is 3.46. The van der Waals surface area contributed by atoms with Crippen molar-refractivity contribution >= 4 is 27.3 Å². The standard InChI is InChI=1S/C9H11BrN2O2/c1-11(2)8-3-4-9(12(13)14)7(5-8)6-10/h3-5H,6H2,1-2H3. The predicted octanol–water partition coefficient (Wildman–Crippen LogP) is 2.56. The lowest BCUT2D eigenvalue weighted by molar-refractivity contribution is -0.385. The minimum absolute atomic E-state index is 0.160. The molecule has 0 radical (unpaired) electrons. The van der Waals surface area contributed by atoms with Crippen LogP contribution in [0.25, 0.3) is 0 Å². The van der Waals surface area contributed by atoms with Gasteiger partial charge in [0, 0.05) is 36.7 Å². The van der Waals surface area contributed by atoms with Crippen molar-refractivity contribution in [1.29, 1.82) is 0 Å². The van der Waals surface area contributed by atoms with E-state index in [0.717, 1.165) is 5.69 Å². The second-order valence-electron chi connectivity index (χ2n) is 3.10. The van der Waals surface area contributed by atoms with E-state index in [1.54, 1.807) is 6.07 Å². The summed E-state index contributed by atoms with van der Waals surface area (Å²) < 4.78 is 0. The first-order valence-corrected chi connectivity index (χ1v) is 5.19. The molecule has 4 nitrogen and oxygen atoms in total. The number of hydrogen-bond acceptors (Lipinski definition) is 3. The van der Waals surface area contributed by atoms with Crippen LogP contribution in [0.5, 0.6) is 0 Å². The van der Waals surface area contributed by atoms with Gasteiger partial charge in [-0.25, -0.2) is 0 Å². The van der Waals surface area contributed by atoms with Gasteiger partial charge in [-0.2, -0.15) is 0 Å². The summed E-state index contributed by atoms with van der Waals surface area (Å²) in [6.07, 6.45) is 0. The molecule has 0 N–H and O–H groups in total. The van der Waals surface area contributed by atoms with Crippen molar-refractivity contribution < 1.29 is 4.92 Å². The van der Waals surface area contributed by atoms with Crippen LogP contribution in [0.2, 0.25) is 0 Å². The highest BCUT2D eigenvalue weighted by atomic mass is 79.9. The van der Waals surface area contributed by atoms with E-state index in [1.807, 2.05) is 25.1 Å². The third kappa shape index (κ3) is 2.23. The first-order chi connectivity index (χ1) is 6.56. The average Bonchev–Trinajstić information content (AvgIpc) is 2.16. The monoisotopic (exact) mass is 258 g/mol. The maximum Gasteiger partial charge on any atom is 0.273 e. The fourth-order valence-corrected chi connectivity index (χ4v) is 1.58. The largest absolute Gasteiger partial charge is 0.378 e. The van der Waals surface area contributed by atoms with Crippen LogP contribution in [0.1, 0.15) is 5.56 Å². The number of nitro groups is 1. The summed E-state index contributed by atoms with van der Waals surface area (Å²) in [5.74, 6) is 0. The third-order valence-electron chi connectivity index (χ3n) is 1.92. The number of alkyl halides is 1. The van der Waals surface area contributed by atoms with E-state index in [1.165, 1.54) is 6.07 Å². The van der Waals surface area contributed by atoms with Crippen molar-refractivity contribution in [3.8, 4) is 0 Å². The lowest BCUT2D eigenvalue weighted by Gasteiger charge is -2.12. The molecule has 0 aromatic heterocycles. The Hall–Kier alpha value is -1.10. The lowest BCUT2D eigenvalue weighted by atomic mass is 10.2. The molecule has 0 aliphatic carbocycles. The molecule has 14 heavy (non-hydrogen) atoms. The first kappa shape index (κ1) is 11.0. The molecule has 0 bridgehead atoms. The summed E-state index contributed by atoms with van der Waals surface area (Å²) in [4.78, 5) is 12.2. The minimum Gasteiger partial charge on any atom is -0.378 e. The van der Waals surface area contributed by atoms with Gasteiger partial charge in [0.1, 0.15) is 0 Å². The number of nitro benzene ring substituents is 1. The van der Waals surface area contributed by atoms with Gasteiger partial charge in [-0.15, -0.1) is 0 Å². The van der Waals surface area contributed by atoms with E-state index in [9.17, 15) is 10.1 Å². The first-order valence-electron chi connectivity index (χ1n) is 4.07. The third-order valence-corrected chi connectivity index (χ3v) is 2.52. The Morgan fingerprint density at radius 3 is 2.57 bits per heavy atom. The summed E-state index contributed by atoms with van der Waals surface area (Å²) in [5, 5.41) is 11.1. The van der Waals surface area contributed by atoms with Gasteiger partial charge in [0.15, 0.2) is 0 Å². The molecular formula is C9H11BrN2O2. The van der Waals surface area contributed by atoms with Gasteiger partial charge in [0.25, 0.3) is 5.69 Å². The zero-order valence-electron chi connectivity index (χ0n) is 8.03. The quantitative estimate of drug-likeness (QED) is 0.476. The molecular weight excluding hydrogens is 248 g/mol. The highest BCUT2D eigenvalue weighted by Crippen LogP contribution is 2.25. The van der Waals surface area contributed by atoms with Gasteiger partial charge in [-0.05, 0) is 12.1 Å². The molecule has 1 rings (SSSR count). The maximum absolute atomic E-state index is 10.6. The Balaban J connectivity index is 3.18. The van der Waals surface area contributed by atoms with Gasteiger partial charge in [0.05, 0.1) is 4.92 Å². The van der Waals surface area contributed by atoms with E-state index < -0.39 is 0 Å². The van der Waals surface area contributed by atoms with Crippen molar-refractivity contribution in [2.24, 2.45) is 0 Å². The molecule has 0 saturated carbocycles. The fourth-order valence-electron chi connectivity index (χ4n) is 1.14. The summed E-state index contributed by atoms with van der Waals surface area (Å²) in [6.45, 7) is 0. The second kappa shape index (κ2) is 4.41. The van der Waals surface area contributed by atoms with Gasteiger partial charge < -0.3 is 4.90 Å². The zero-order chi connectivity index (χ0) is 10.7. The van der Waals surface area contributed by atoms with Crippen molar-refractivity contribution in [3.05, 3.63) is 33.9 Å². The minimum atomic E-state index is -0.365. The molecule has 0 heterocycles. The topological polar surface area (TPSA) is 46.4 Å². The van der Waals surface area contributed by atoms with Gasteiger partial charge in [0.2, 0.25) is 0 Å². The Morgan fingerprint density at radius 1 is 1.50 bits per heavy atom. The molecule has 0 unspecified atom stereocenters. The van der Waals surface area contributed by atoms with Crippen LogP contribution in [-0.2, 0) is 5.33 Å². The Bertz CT molecular complexity index is 353. The van der Waals surface area contributed by atoms with Crippen LogP contribution >= 0.6 is 15.9 Å². The second-order valence-corrected chi connectivity index (χ2v) is 3.66. The normalized spacial score (nSPS) is 9.93. The molecule has 76 valence electrons. The molecule has 0 aliphatic heterocycles. The highest BCUT2D eigenvalue weighted by Gasteiger charge is 2.13. The summed E-state index contributed by atoms with van der Waals surface area (Å²) >= 11 is 3.24. The molecule has 0 aliphatic rings. The van der Waals surface area contributed by atoms with Crippen LogP contribution in [0.3, 0.4) is 0 Å². The number of rotatable bonds is 3. The highest BCUT2D eigenvalue weighted by molar-refractivity contribution is 9.08. The van der Waals surface area contributed by atoms with Gasteiger partial charge in [-0.1, -0.05) is 15.9 Å². The zero-order valence-corrected chi connectivity index (χ0v) is 9.61. The van der Waals surface area contributed by atoms with Crippen LogP contribution in [0.15, 0.2) is 18.2 Å². The SMILES string of the molecule is CN(C)c1ccc([N+](=O)[O-])c(CBr)c1. The van der Waals surface area contributed by atoms with Crippen LogP contribution in [-0.4, -0.2) is 19.0 Å². The van der Waals surface area contributed by atoms with Gasteiger partial charge in [-0.3, -0.25) is 10.1 Å². The van der Waals surface area contributed by atoms with Gasteiger partial charge >= 0.3 is 0 Å². The average molecular weight is 259 g/mol. The van der Waals surface area contributed by atoms with Crippen LogP contribution in [0, 0.1) is 10.1 Å². The fraction of sp³-hybridized carbons (Fsp3) is 0.333. The number of hydrogen-bond donors (Lipinski definition) is 0. The number of nitrogens with zero attached hydrogens (tertiary/aromatic N) is 2. The van der Waals surface area contributed by atoms with E-state index in [2.05, 4.69) is 15.9 Å². The van der Waals surface area contributed by atoms with Crippen molar-refractivity contribution in [2.75, 3.05) is 19.0 Å². The Labute approximate surface area is 90.8 Å². The smallest absolute Gasteiger partial charge is 0.273 e. The molecule has 0 spiro atoms. The maximum atomic E-state index is 10.6. The summed E-state index contributed by atoms with van der Waals surface area (Å²) in [7, 11) is 3.80. The summed E-state index contributed by atoms with van der Waals surface area (Å²) in [5.41, 5.74) is 1.82. The molecule has 5 heteroatoms.